The number of thioether (sulfide) groups is 1. The summed E-state index contributed by atoms with van der Waals surface area (Å²) in [6, 6.07) is 13.1. The molecule has 0 saturated carbocycles. The van der Waals surface area contributed by atoms with Crippen LogP contribution in [0.15, 0.2) is 65.0 Å². The van der Waals surface area contributed by atoms with Crippen molar-refractivity contribution in [2.24, 2.45) is 5.41 Å². The summed E-state index contributed by atoms with van der Waals surface area (Å²) in [5.74, 6) is 0.871. The fourth-order valence-corrected chi connectivity index (χ4v) is 5.23. The fourth-order valence-electron chi connectivity index (χ4n) is 4.41. The number of carbonyl (C=O) groups excluding carboxylic acids is 1. The molecule has 1 atom stereocenters. The first-order valence-electron chi connectivity index (χ1n) is 10.5. The molecular formula is C24H23FN4O2S. The van der Waals surface area contributed by atoms with Crippen molar-refractivity contribution in [2.75, 3.05) is 5.32 Å². The van der Waals surface area contributed by atoms with Crippen molar-refractivity contribution in [3.63, 3.8) is 0 Å². The maximum absolute atomic E-state index is 14.0. The molecule has 1 aromatic heterocycles. The van der Waals surface area contributed by atoms with Crippen LogP contribution in [0.3, 0.4) is 0 Å². The number of halogens is 1. The summed E-state index contributed by atoms with van der Waals surface area (Å²) < 4.78 is 15.7. The highest BCUT2D eigenvalue weighted by atomic mass is 32.2. The number of hydrogen-bond acceptors (Lipinski definition) is 6. The Morgan fingerprint density at radius 2 is 2.03 bits per heavy atom. The Balaban J connectivity index is 1.54. The van der Waals surface area contributed by atoms with E-state index in [1.54, 1.807) is 41.1 Å². The van der Waals surface area contributed by atoms with E-state index in [1.807, 2.05) is 6.07 Å². The second-order valence-electron chi connectivity index (χ2n) is 9.00. The molecule has 0 radical (unpaired) electrons. The van der Waals surface area contributed by atoms with Crippen LogP contribution in [-0.2, 0) is 10.5 Å². The predicted molar refractivity (Wildman–Crippen MR) is 121 cm³/mol. The topological polar surface area (TPSA) is 80.0 Å². The summed E-state index contributed by atoms with van der Waals surface area (Å²) in [5, 5.41) is 18.6. The van der Waals surface area contributed by atoms with Crippen molar-refractivity contribution in [3.05, 3.63) is 76.7 Å². The van der Waals surface area contributed by atoms with Crippen molar-refractivity contribution in [2.45, 2.75) is 43.6 Å². The first-order chi connectivity index (χ1) is 15.3. The number of phenolic OH excluding ortho intramolecular Hbond substituents is 1. The molecule has 0 spiro atoms. The van der Waals surface area contributed by atoms with Gasteiger partial charge >= 0.3 is 0 Å². The van der Waals surface area contributed by atoms with Crippen LogP contribution in [0, 0.1) is 11.2 Å². The molecule has 164 valence electrons. The van der Waals surface area contributed by atoms with E-state index in [9.17, 15) is 14.3 Å². The summed E-state index contributed by atoms with van der Waals surface area (Å²) in [4.78, 5) is 17.8. The number of anilines is 1. The van der Waals surface area contributed by atoms with Gasteiger partial charge in [-0.1, -0.05) is 55.9 Å². The van der Waals surface area contributed by atoms with Gasteiger partial charge in [0.1, 0.15) is 17.6 Å². The number of ketones is 1. The van der Waals surface area contributed by atoms with Crippen LogP contribution in [0.25, 0.3) is 0 Å². The zero-order valence-electron chi connectivity index (χ0n) is 17.8. The van der Waals surface area contributed by atoms with Crippen LogP contribution in [0.5, 0.6) is 5.75 Å². The van der Waals surface area contributed by atoms with Crippen LogP contribution in [0.4, 0.5) is 10.3 Å². The van der Waals surface area contributed by atoms with Crippen LogP contribution in [-0.4, -0.2) is 25.7 Å². The summed E-state index contributed by atoms with van der Waals surface area (Å²) in [7, 11) is 0. The minimum absolute atomic E-state index is 0.0683. The lowest BCUT2D eigenvalue weighted by Gasteiger charge is -2.38. The molecule has 1 aliphatic heterocycles. The number of aromatic hydroxyl groups is 1. The SMILES string of the molecule is CC1(C)CC(=O)C2=C(C1)Nc1nc(SCc3ccccc3F)nn1C2c1cccc(O)c1. The lowest BCUT2D eigenvalue weighted by atomic mass is 9.73. The number of carbonyl (C=O) groups is 1. The molecule has 2 N–H and O–H groups in total. The molecule has 6 nitrogen and oxygen atoms in total. The van der Waals surface area contributed by atoms with E-state index in [0.717, 1.165) is 11.3 Å². The van der Waals surface area contributed by atoms with Gasteiger partial charge < -0.3 is 10.4 Å². The first kappa shape index (κ1) is 20.8. The maximum atomic E-state index is 14.0. The average Bonchev–Trinajstić information content (AvgIpc) is 3.13. The van der Waals surface area contributed by atoms with Gasteiger partial charge in [-0.25, -0.2) is 9.07 Å². The number of allylic oxidation sites excluding steroid dienone is 2. The van der Waals surface area contributed by atoms with E-state index in [2.05, 4.69) is 29.2 Å². The summed E-state index contributed by atoms with van der Waals surface area (Å²) in [6.07, 6.45) is 1.16. The highest BCUT2D eigenvalue weighted by molar-refractivity contribution is 7.98. The van der Waals surface area contributed by atoms with E-state index in [1.165, 1.54) is 17.8 Å². The molecule has 2 aliphatic rings. The monoisotopic (exact) mass is 450 g/mol. The molecule has 2 heterocycles. The van der Waals surface area contributed by atoms with E-state index < -0.39 is 6.04 Å². The first-order valence-corrected chi connectivity index (χ1v) is 11.4. The second kappa shape index (κ2) is 7.78. The molecular weight excluding hydrogens is 427 g/mol. The lowest BCUT2D eigenvalue weighted by molar-refractivity contribution is -0.118. The number of fused-ring (bicyclic) bond motifs is 1. The number of benzene rings is 2. The van der Waals surface area contributed by atoms with Crippen LogP contribution < -0.4 is 5.32 Å². The molecule has 0 amide bonds. The molecule has 5 rings (SSSR count). The van der Waals surface area contributed by atoms with Gasteiger partial charge in [-0.3, -0.25) is 4.79 Å². The number of nitrogens with zero attached hydrogens (tertiary/aromatic N) is 3. The molecule has 0 bridgehead atoms. The van der Waals surface area contributed by atoms with E-state index >= 15 is 0 Å². The zero-order chi connectivity index (χ0) is 22.5. The van der Waals surface area contributed by atoms with Gasteiger partial charge in [-0.05, 0) is 41.2 Å². The summed E-state index contributed by atoms with van der Waals surface area (Å²) in [5.41, 5.74) is 2.71. The van der Waals surface area contributed by atoms with Crippen molar-refractivity contribution in [1.29, 1.82) is 0 Å². The molecule has 1 unspecified atom stereocenters. The number of phenols is 1. The molecule has 0 fully saturated rings. The average molecular weight is 451 g/mol. The number of rotatable bonds is 4. The van der Waals surface area contributed by atoms with Crippen LogP contribution in [0.1, 0.15) is 43.9 Å². The van der Waals surface area contributed by atoms with Gasteiger partial charge in [0, 0.05) is 23.4 Å². The van der Waals surface area contributed by atoms with Gasteiger partial charge in [-0.2, -0.15) is 4.98 Å². The predicted octanol–water partition coefficient (Wildman–Crippen LogP) is 5.07. The highest BCUT2D eigenvalue weighted by Crippen LogP contribution is 2.46. The lowest BCUT2D eigenvalue weighted by Crippen LogP contribution is -2.36. The Hall–Kier alpha value is -3.13. The third-order valence-electron chi connectivity index (χ3n) is 5.81. The smallest absolute Gasteiger partial charge is 0.227 e. The minimum Gasteiger partial charge on any atom is -0.508 e. The Labute approximate surface area is 189 Å². The third-order valence-corrected chi connectivity index (χ3v) is 6.70. The molecule has 32 heavy (non-hydrogen) atoms. The Morgan fingerprint density at radius 1 is 1.22 bits per heavy atom. The van der Waals surface area contributed by atoms with Crippen molar-refractivity contribution < 1.29 is 14.3 Å². The molecule has 0 saturated heterocycles. The third kappa shape index (κ3) is 3.79. The maximum Gasteiger partial charge on any atom is 0.227 e. The quantitative estimate of drug-likeness (QED) is 0.540. The van der Waals surface area contributed by atoms with Crippen molar-refractivity contribution in [1.82, 2.24) is 14.8 Å². The van der Waals surface area contributed by atoms with Gasteiger partial charge in [-0.15, -0.1) is 5.10 Å². The highest BCUT2D eigenvalue weighted by Gasteiger charge is 2.41. The number of hydrogen-bond donors (Lipinski definition) is 2. The van der Waals surface area contributed by atoms with Crippen LogP contribution >= 0.6 is 11.8 Å². The van der Waals surface area contributed by atoms with E-state index in [-0.39, 0.29) is 22.8 Å². The normalized spacial score (nSPS) is 19.3. The number of nitrogens with one attached hydrogen (secondary N) is 1. The largest absolute Gasteiger partial charge is 0.508 e. The molecule has 8 heteroatoms. The van der Waals surface area contributed by atoms with Gasteiger partial charge in [0.15, 0.2) is 5.78 Å². The summed E-state index contributed by atoms with van der Waals surface area (Å²) >= 11 is 1.34. The second-order valence-corrected chi connectivity index (χ2v) is 9.94. The van der Waals surface area contributed by atoms with Gasteiger partial charge in [0.25, 0.3) is 0 Å². The Bertz CT molecular complexity index is 1250. The molecule has 3 aromatic rings. The van der Waals surface area contributed by atoms with Gasteiger partial charge in [0.05, 0.1) is 0 Å². The van der Waals surface area contributed by atoms with Crippen molar-refractivity contribution >= 4 is 23.5 Å². The van der Waals surface area contributed by atoms with E-state index in [0.29, 0.717) is 40.8 Å². The Kier molecular flexibility index (Phi) is 5.04. The number of aromatic nitrogens is 3. The van der Waals surface area contributed by atoms with Crippen LogP contribution in [0.2, 0.25) is 0 Å². The molecule has 2 aromatic carbocycles. The number of Topliss-reactive ketones (excluding diaryl/α,β-unsaturated/α-hetero) is 1. The molecule has 1 aliphatic carbocycles. The Morgan fingerprint density at radius 3 is 2.81 bits per heavy atom. The van der Waals surface area contributed by atoms with Crippen molar-refractivity contribution in [3.8, 4) is 5.75 Å². The van der Waals surface area contributed by atoms with E-state index in [4.69, 9.17) is 0 Å². The standard InChI is InChI=1S/C24H23FN4O2S/c1-24(2)11-18-20(19(31)12-24)21(14-7-5-8-16(30)10-14)29-22(26-18)27-23(28-29)32-13-15-6-3-4-9-17(15)25/h3-10,21,30H,11-13H2,1-2H3,(H,26,27,28). The van der Waals surface area contributed by atoms with Gasteiger partial charge in [0.2, 0.25) is 11.1 Å². The summed E-state index contributed by atoms with van der Waals surface area (Å²) in [6.45, 7) is 4.16. The zero-order valence-corrected chi connectivity index (χ0v) is 18.6. The minimum atomic E-state index is -0.479. The fraction of sp³-hybridized carbons (Fsp3) is 0.292.